The number of carbonyl (C=O) groups is 4. The van der Waals surface area contributed by atoms with Gasteiger partial charge in [-0.3, -0.25) is 37.3 Å². The molecule has 100 heavy (non-hydrogen) atoms. The molecule has 0 spiro atoms. The third-order valence-corrected chi connectivity index (χ3v) is 18.1. The van der Waals surface area contributed by atoms with Crippen molar-refractivity contribution in [2.75, 3.05) is 39.6 Å². The summed E-state index contributed by atoms with van der Waals surface area (Å²) in [5.74, 6) is -2.28. The fourth-order valence-corrected chi connectivity index (χ4v) is 11.7. The van der Waals surface area contributed by atoms with Gasteiger partial charge in [0.15, 0.2) is 12.2 Å². The number of esters is 4. The lowest BCUT2D eigenvalue weighted by Crippen LogP contribution is -2.30. The molecule has 0 aliphatic heterocycles. The predicted molar refractivity (Wildman–Crippen MR) is 408 cm³/mol. The highest BCUT2D eigenvalue weighted by atomic mass is 31.2. The van der Waals surface area contributed by atoms with Crippen molar-refractivity contribution in [2.24, 2.45) is 0 Å². The van der Waals surface area contributed by atoms with Crippen LogP contribution in [-0.2, 0) is 65.4 Å². The minimum atomic E-state index is -4.99. The van der Waals surface area contributed by atoms with E-state index in [0.717, 1.165) is 148 Å². The topological polar surface area (TPSA) is 237 Å². The number of allylic oxidation sites excluding steroid dienone is 18. The molecule has 0 aromatic rings. The SMILES string of the molecule is CCCCC/C=C\C/C=C\C/C=C\C/C=C\CCCC(=O)O[C@H](COC(=O)CCCCCCC/C=C\CCCCCC)COP(=O)(O)OC[C@@H](O)COP(=O)(O)OC[C@@H](COC(=O)CCCCCCC/C=C\C/C=C\CCCCC)OC(=O)CCCCCCC/C=C\C=C/CCCCCC. The highest BCUT2D eigenvalue weighted by Crippen LogP contribution is 2.45. The number of aliphatic hydroxyl groups is 1. The van der Waals surface area contributed by atoms with E-state index in [2.05, 4.69) is 125 Å². The summed E-state index contributed by atoms with van der Waals surface area (Å²) in [6.45, 7) is 4.69. The normalized spacial score (nSPS) is 14.5. The van der Waals surface area contributed by atoms with Crippen LogP contribution in [0.4, 0.5) is 0 Å². The van der Waals surface area contributed by atoms with Crippen LogP contribution in [0.1, 0.15) is 323 Å². The third-order valence-electron chi connectivity index (χ3n) is 16.2. The van der Waals surface area contributed by atoms with Crippen molar-refractivity contribution < 1.29 is 80.2 Å². The number of phosphoric acid groups is 2. The minimum absolute atomic E-state index is 0.0164. The molecule has 0 saturated carbocycles. The molecule has 576 valence electrons. The zero-order valence-electron chi connectivity index (χ0n) is 62.8. The van der Waals surface area contributed by atoms with E-state index in [-0.39, 0.29) is 25.7 Å². The van der Waals surface area contributed by atoms with Gasteiger partial charge in [-0.2, -0.15) is 0 Å². The smallest absolute Gasteiger partial charge is 0.462 e. The zero-order chi connectivity index (χ0) is 73.2. The Morgan fingerprint density at radius 3 is 0.880 bits per heavy atom. The highest BCUT2D eigenvalue weighted by Gasteiger charge is 2.30. The highest BCUT2D eigenvalue weighted by molar-refractivity contribution is 7.47. The molecule has 0 saturated heterocycles. The Kier molecular flexibility index (Phi) is 69.9. The van der Waals surface area contributed by atoms with Gasteiger partial charge in [-0.15, -0.1) is 0 Å². The Hall–Kier alpha value is -4.28. The van der Waals surface area contributed by atoms with E-state index in [1.807, 2.05) is 12.2 Å². The molecule has 2 unspecified atom stereocenters. The molecule has 19 heteroatoms. The lowest BCUT2D eigenvalue weighted by Gasteiger charge is -2.21. The van der Waals surface area contributed by atoms with E-state index in [9.17, 15) is 43.2 Å². The van der Waals surface area contributed by atoms with E-state index in [1.54, 1.807) is 0 Å². The monoisotopic (exact) mass is 1450 g/mol. The number of phosphoric ester groups is 2. The summed E-state index contributed by atoms with van der Waals surface area (Å²) in [6, 6.07) is 0. The van der Waals surface area contributed by atoms with Gasteiger partial charge in [0.2, 0.25) is 0 Å². The van der Waals surface area contributed by atoms with Crippen LogP contribution in [-0.4, -0.2) is 96.7 Å². The van der Waals surface area contributed by atoms with Crippen molar-refractivity contribution in [1.82, 2.24) is 0 Å². The van der Waals surface area contributed by atoms with Gasteiger partial charge < -0.3 is 33.8 Å². The maximum absolute atomic E-state index is 13.1. The summed E-state index contributed by atoms with van der Waals surface area (Å²) in [5.41, 5.74) is 0. The Bertz CT molecular complexity index is 2320. The van der Waals surface area contributed by atoms with Crippen molar-refractivity contribution in [2.45, 2.75) is 341 Å². The van der Waals surface area contributed by atoms with Crippen molar-refractivity contribution in [3.05, 3.63) is 109 Å². The average molecular weight is 1450 g/mol. The summed E-state index contributed by atoms with van der Waals surface area (Å²) in [5, 5.41) is 10.6. The van der Waals surface area contributed by atoms with Gasteiger partial charge in [0.1, 0.15) is 19.3 Å². The Morgan fingerprint density at radius 2 is 0.530 bits per heavy atom. The molecule has 17 nitrogen and oxygen atoms in total. The van der Waals surface area contributed by atoms with Crippen molar-refractivity contribution in [1.29, 1.82) is 0 Å². The van der Waals surface area contributed by atoms with E-state index < -0.39 is 97.5 Å². The quantitative estimate of drug-likeness (QED) is 0.0128. The lowest BCUT2D eigenvalue weighted by molar-refractivity contribution is -0.161. The number of aliphatic hydroxyl groups excluding tert-OH is 1. The standard InChI is InChI=1S/C81H140O17P2/c1-5-9-13-17-21-25-29-33-36-37-40-44-48-52-56-60-64-68-81(86)98-76(71-91-78(83)65-61-57-53-49-45-41-32-28-24-20-16-12-8-4)73-95-99(87,88)93-69-75(82)70-94-100(89,90)96-74-77(97-80(85)67-63-59-55-51-47-43-39-35-31-27-23-19-15-11-7-3)72-92-79(84)66-62-58-54-50-46-42-38-34-30-26-22-18-14-10-6-2/h21-22,25-28,31-36,38-40,44,52,56,75-77,82H,5-20,23-24,29-30,37,41-43,45-51,53-55,57-74H2,1-4H3,(H,87,88)(H,89,90)/b25-21-,26-22-,31-27-,32-28-,36-33-,38-34-,39-35-,44-40-,56-52-/t75-,76-,77-/m1/s1. The van der Waals surface area contributed by atoms with Crippen molar-refractivity contribution >= 4 is 39.5 Å². The van der Waals surface area contributed by atoms with Gasteiger partial charge in [0.25, 0.3) is 0 Å². The minimum Gasteiger partial charge on any atom is -0.462 e. The molecule has 3 N–H and O–H groups in total. The third kappa shape index (κ3) is 72.1. The summed E-state index contributed by atoms with van der Waals surface area (Å²) in [4.78, 5) is 72.9. The van der Waals surface area contributed by atoms with Gasteiger partial charge in [-0.05, 0) is 148 Å². The second-order valence-electron chi connectivity index (χ2n) is 26.0. The van der Waals surface area contributed by atoms with Gasteiger partial charge in [-0.1, -0.05) is 259 Å². The van der Waals surface area contributed by atoms with E-state index >= 15 is 0 Å². The first-order chi connectivity index (χ1) is 48.7. The first-order valence-corrected chi connectivity index (χ1v) is 42.1. The number of unbranched alkanes of at least 4 members (excludes halogenated alkanes) is 30. The molecule has 5 atom stereocenters. The van der Waals surface area contributed by atoms with Crippen LogP contribution in [0, 0.1) is 0 Å². The maximum Gasteiger partial charge on any atom is 0.472 e. The lowest BCUT2D eigenvalue weighted by atomic mass is 10.1. The molecule has 0 rings (SSSR count). The first-order valence-electron chi connectivity index (χ1n) is 39.1. The molecular weight excluding hydrogens is 1310 g/mol. The summed E-state index contributed by atoms with van der Waals surface area (Å²) < 4.78 is 68.4. The second kappa shape index (κ2) is 73.0. The summed E-state index contributed by atoms with van der Waals surface area (Å²) >= 11 is 0. The van der Waals surface area contributed by atoms with E-state index in [4.69, 9.17) is 37.0 Å². The molecule has 0 aromatic heterocycles. The Morgan fingerprint density at radius 1 is 0.290 bits per heavy atom. The van der Waals surface area contributed by atoms with Crippen LogP contribution in [0.25, 0.3) is 0 Å². The van der Waals surface area contributed by atoms with Crippen LogP contribution < -0.4 is 0 Å². The van der Waals surface area contributed by atoms with Crippen LogP contribution >= 0.6 is 15.6 Å². The predicted octanol–water partition coefficient (Wildman–Crippen LogP) is 22.6. The summed E-state index contributed by atoms with van der Waals surface area (Å²) in [6.07, 6.45) is 77.9. The fraction of sp³-hybridized carbons (Fsp3) is 0.728. The number of hydrogen-bond donors (Lipinski definition) is 3. The maximum atomic E-state index is 13.1. The first kappa shape index (κ1) is 95.7. The zero-order valence-corrected chi connectivity index (χ0v) is 64.6. The van der Waals surface area contributed by atoms with Crippen LogP contribution in [0.15, 0.2) is 109 Å². The molecule has 0 amide bonds. The molecule has 0 aliphatic carbocycles. The van der Waals surface area contributed by atoms with Gasteiger partial charge in [0, 0.05) is 25.7 Å². The average Bonchev–Trinajstić information content (AvgIpc) is 1.13. The van der Waals surface area contributed by atoms with Gasteiger partial charge in [0.05, 0.1) is 26.4 Å². The number of rotatable bonds is 73. The molecular formula is C81H140O17P2. The number of ether oxygens (including phenoxy) is 4. The van der Waals surface area contributed by atoms with E-state index in [0.29, 0.717) is 32.1 Å². The molecule has 0 radical (unpaired) electrons. The van der Waals surface area contributed by atoms with Crippen molar-refractivity contribution in [3.8, 4) is 0 Å². The molecule has 0 bridgehead atoms. The molecule has 0 heterocycles. The Balaban J connectivity index is 5.43. The Labute approximate surface area is 607 Å². The van der Waals surface area contributed by atoms with Crippen LogP contribution in [0.5, 0.6) is 0 Å². The number of hydrogen-bond acceptors (Lipinski definition) is 15. The second-order valence-corrected chi connectivity index (χ2v) is 28.9. The summed E-state index contributed by atoms with van der Waals surface area (Å²) in [7, 11) is -9.98. The number of carbonyl (C=O) groups excluding carboxylic acids is 4. The molecule has 0 fully saturated rings. The van der Waals surface area contributed by atoms with Gasteiger partial charge >= 0.3 is 39.5 Å². The van der Waals surface area contributed by atoms with Crippen LogP contribution in [0.3, 0.4) is 0 Å². The van der Waals surface area contributed by atoms with Gasteiger partial charge in [-0.25, -0.2) is 9.13 Å². The van der Waals surface area contributed by atoms with E-state index in [1.165, 1.54) is 89.9 Å². The molecule has 0 aliphatic rings. The van der Waals surface area contributed by atoms with Crippen molar-refractivity contribution in [3.63, 3.8) is 0 Å². The fourth-order valence-electron chi connectivity index (χ4n) is 10.2. The molecule has 0 aromatic carbocycles. The van der Waals surface area contributed by atoms with Crippen LogP contribution in [0.2, 0.25) is 0 Å². The largest absolute Gasteiger partial charge is 0.472 e.